The van der Waals surface area contributed by atoms with Crippen LogP contribution in [0, 0.1) is 0 Å². The highest BCUT2D eigenvalue weighted by molar-refractivity contribution is 4.68. The van der Waals surface area contributed by atoms with E-state index in [-0.39, 0.29) is 17.0 Å². The Morgan fingerprint density at radius 3 is 2.37 bits per heavy atom. The number of imidazole rings is 1. The van der Waals surface area contributed by atoms with Crippen molar-refractivity contribution < 1.29 is 26.7 Å². The van der Waals surface area contributed by atoms with Crippen molar-refractivity contribution in [2.24, 2.45) is 0 Å². The van der Waals surface area contributed by atoms with Crippen LogP contribution in [0.15, 0.2) is 18.7 Å². The summed E-state index contributed by atoms with van der Waals surface area (Å²) in [6.45, 7) is 7.67. The lowest BCUT2D eigenvalue weighted by Gasteiger charge is -2.13. The molecule has 1 rings (SSSR count). The van der Waals surface area contributed by atoms with Crippen LogP contribution in [0.3, 0.4) is 0 Å². The molecule has 1 N–H and O–H groups in total. The van der Waals surface area contributed by atoms with Crippen molar-refractivity contribution in [2.45, 2.75) is 78.0 Å². The summed E-state index contributed by atoms with van der Waals surface area (Å²) in [7, 11) is 0. The average Bonchev–Trinajstić information content (AvgIpc) is 2.68. The lowest BCUT2D eigenvalue weighted by molar-refractivity contribution is -0.708. The molecule has 0 unspecified atom stereocenters. The van der Waals surface area contributed by atoms with Gasteiger partial charge < -0.3 is 22.1 Å². The first kappa shape index (κ1) is 18.7. The monoisotopic (exact) mass is 332 g/mol. The smallest absolute Gasteiger partial charge is 0.243 e. The zero-order valence-electron chi connectivity index (χ0n) is 12.6. The maximum atomic E-state index is 9.75. The van der Waals surface area contributed by atoms with Gasteiger partial charge in [0.1, 0.15) is 18.9 Å². The van der Waals surface area contributed by atoms with Gasteiger partial charge in [-0.2, -0.15) is 0 Å². The Labute approximate surface area is 128 Å². The second kappa shape index (κ2) is 9.54. The van der Waals surface area contributed by atoms with Gasteiger partial charge in [-0.25, -0.2) is 9.13 Å². The van der Waals surface area contributed by atoms with Crippen molar-refractivity contribution >= 4 is 0 Å². The van der Waals surface area contributed by atoms with Gasteiger partial charge in [0.2, 0.25) is 6.33 Å². The summed E-state index contributed by atoms with van der Waals surface area (Å²) in [4.78, 5) is 0. The minimum Gasteiger partial charge on any atom is -1.00 e. The second-order valence-electron chi connectivity index (χ2n) is 5.90. The van der Waals surface area contributed by atoms with Crippen molar-refractivity contribution in [3.8, 4) is 0 Å². The number of halogens is 1. The van der Waals surface area contributed by atoms with E-state index in [1.54, 1.807) is 0 Å². The Hall–Kier alpha value is -0.350. The average molecular weight is 333 g/mol. The van der Waals surface area contributed by atoms with Gasteiger partial charge in [-0.1, -0.05) is 32.6 Å². The predicted molar refractivity (Wildman–Crippen MR) is 74.3 cm³/mol. The molecule has 0 saturated heterocycles. The van der Waals surface area contributed by atoms with Crippen LogP contribution in [-0.2, 0) is 13.1 Å². The zero-order valence-corrected chi connectivity index (χ0v) is 14.2. The van der Waals surface area contributed by atoms with Crippen LogP contribution in [0.1, 0.15) is 59.3 Å². The Kier molecular flexibility index (Phi) is 9.36. The van der Waals surface area contributed by atoms with Crippen LogP contribution >= 0.6 is 0 Å². The van der Waals surface area contributed by atoms with Crippen LogP contribution < -0.4 is 21.5 Å². The van der Waals surface area contributed by atoms with E-state index in [0.29, 0.717) is 6.54 Å². The van der Waals surface area contributed by atoms with Gasteiger partial charge in [0.25, 0.3) is 0 Å². The lowest BCUT2D eigenvalue weighted by Crippen LogP contribution is -3.00. The molecule has 4 heteroatoms. The fourth-order valence-corrected chi connectivity index (χ4v) is 2.19. The summed E-state index contributed by atoms with van der Waals surface area (Å²) >= 11 is 0. The van der Waals surface area contributed by atoms with E-state index in [2.05, 4.69) is 28.6 Å². The van der Waals surface area contributed by atoms with Crippen LogP contribution in [0.25, 0.3) is 0 Å². The van der Waals surface area contributed by atoms with Gasteiger partial charge >= 0.3 is 0 Å². The highest BCUT2D eigenvalue weighted by Crippen LogP contribution is 2.06. The molecule has 19 heavy (non-hydrogen) atoms. The maximum absolute atomic E-state index is 9.75. The number of aromatic nitrogens is 2. The van der Waals surface area contributed by atoms with Gasteiger partial charge in [0.15, 0.2) is 0 Å². The zero-order chi connectivity index (χ0) is 13.4. The van der Waals surface area contributed by atoms with Crippen LogP contribution in [0.4, 0.5) is 0 Å². The topological polar surface area (TPSA) is 29.0 Å². The highest BCUT2D eigenvalue weighted by Gasteiger charge is 2.17. The molecule has 0 aliphatic rings. The third kappa shape index (κ3) is 9.22. The number of hydrogen-bond donors (Lipinski definition) is 1. The molecule has 1 aromatic rings. The summed E-state index contributed by atoms with van der Waals surface area (Å²) < 4.78 is 4.27. The normalized spacial score (nSPS) is 11.4. The van der Waals surface area contributed by atoms with Crippen LogP contribution in [0.2, 0.25) is 0 Å². The molecule has 1 aromatic heterocycles. The van der Waals surface area contributed by atoms with E-state index in [4.69, 9.17) is 0 Å². The number of hydrogen-bond acceptors (Lipinski definition) is 1. The first-order valence-corrected chi connectivity index (χ1v) is 7.28. The fourth-order valence-electron chi connectivity index (χ4n) is 2.19. The molecule has 0 aliphatic heterocycles. The highest BCUT2D eigenvalue weighted by atomic mass is 79.9. The van der Waals surface area contributed by atoms with Crippen molar-refractivity contribution in [3.63, 3.8) is 0 Å². The Morgan fingerprint density at radius 1 is 1.11 bits per heavy atom. The van der Waals surface area contributed by atoms with E-state index >= 15 is 0 Å². The SMILES string of the molecule is CCCCCCCCn1cc[n+](CC(C)(C)O)c1.[Br-]. The van der Waals surface area contributed by atoms with Gasteiger partial charge in [-0.15, -0.1) is 0 Å². The summed E-state index contributed by atoms with van der Waals surface area (Å²) in [5, 5.41) is 9.75. The van der Waals surface area contributed by atoms with Gasteiger partial charge in [0, 0.05) is 0 Å². The summed E-state index contributed by atoms with van der Waals surface area (Å²) in [5.74, 6) is 0. The summed E-state index contributed by atoms with van der Waals surface area (Å²) in [5.41, 5.74) is -0.642. The summed E-state index contributed by atoms with van der Waals surface area (Å²) in [6, 6.07) is 0. The molecule has 0 atom stereocenters. The molecule has 0 saturated carbocycles. The molecule has 0 bridgehead atoms. The van der Waals surface area contributed by atoms with Gasteiger partial charge in [-0.05, 0) is 26.7 Å². The quantitative estimate of drug-likeness (QED) is 0.497. The van der Waals surface area contributed by atoms with E-state index < -0.39 is 5.60 Å². The number of aryl methyl sites for hydroxylation is 1. The van der Waals surface area contributed by atoms with Crippen molar-refractivity contribution in [1.82, 2.24) is 4.57 Å². The standard InChI is InChI=1S/C15H29N2O.BrH/c1-4-5-6-7-8-9-10-16-11-12-17(14-16)13-15(2,3)18;/h11-12,14,18H,4-10,13H2,1-3H3;1H/q+1;/p-1. The molecule has 112 valence electrons. The van der Waals surface area contributed by atoms with Crippen molar-refractivity contribution in [3.05, 3.63) is 18.7 Å². The molecule has 0 aliphatic carbocycles. The van der Waals surface area contributed by atoms with E-state index in [1.807, 2.05) is 20.0 Å². The number of aliphatic hydroxyl groups is 1. The summed E-state index contributed by atoms with van der Waals surface area (Å²) in [6.07, 6.45) is 14.2. The number of unbranched alkanes of at least 4 members (excludes halogenated alkanes) is 5. The third-order valence-corrected chi connectivity index (χ3v) is 3.09. The number of rotatable bonds is 9. The van der Waals surface area contributed by atoms with E-state index in [0.717, 1.165) is 6.54 Å². The molecular formula is C15H29BrN2O. The molecule has 3 nitrogen and oxygen atoms in total. The molecular weight excluding hydrogens is 304 g/mol. The third-order valence-electron chi connectivity index (χ3n) is 3.09. The first-order valence-electron chi connectivity index (χ1n) is 7.28. The molecule has 0 spiro atoms. The lowest BCUT2D eigenvalue weighted by atomic mass is 10.1. The van der Waals surface area contributed by atoms with Crippen LogP contribution in [0.5, 0.6) is 0 Å². The minimum absolute atomic E-state index is 0. The van der Waals surface area contributed by atoms with E-state index in [1.165, 1.54) is 38.5 Å². The minimum atomic E-state index is -0.642. The molecule has 0 aromatic carbocycles. The molecule has 0 amide bonds. The van der Waals surface area contributed by atoms with Crippen LogP contribution in [-0.4, -0.2) is 15.3 Å². The number of nitrogens with zero attached hydrogens (tertiary/aromatic N) is 2. The van der Waals surface area contributed by atoms with Gasteiger partial charge in [0.05, 0.1) is 12.1 Å². The first-order chi connectivity index (χ1) is 8.51. The molecule has 0 fully saturated rings. The Balaban J connectivity index is 0.00000324. The van der Waals surface area contributed by atoms with Gasteiger partial charge in [-0.3, -0.25) is 0 Å². The van der Waals surface area contributed by atoms with Crippen molar-refractivity contribution in [1.29, 1.82) is 0 Å². The fraction of sp³-hybridized carbons (Fsp3) is 0.800. The Bertz CT molecular complexity index is 331. The second-order valence-corrected chi connectivity index (χ2v) is 5.90. The molecule has 0 radical (unpaired) electrons. The largest absolute Gasteiger partial charge is 1.00 e. The Morgan fingerprint density at radius 2 is 1.74 bits per heavy atom. The predicted octanol–water partition coefficient (Wildman–Crippen LogP) is -0.0890. The van der Waals surface area contributed by atoms with Crippen molar-refractivity contribution in [2.75, 3.05) is 0 Å². The molecule has 1 heterocycles. The van der Waals surface area contributed by atoms with E-state index in [9.17, 15) is 5.11 Å². The maximum Gasteiger partial charge on any atom is 0.243 e.